The molecule has 0 saturated heterocycles. The van der Waals surface area contributed by atoms with Gasteiger partial charge in [-0.05, 0) is 18.1 Å². The van der Waals surface area contributed by atoms with E-state index in [1.54, 1.807) is 18.2 Å². The zero-order valence-electron chi connectivity index (χ0n) is 8.51. The second-order valence-electron chi connectivity index (χ2n) is 3.75. The summed E-state index contributed by atoms with van der Waals surface area (Å²) < 4.78 is 0. The van der Waals surface area contributed by atoms with Crippen LogP contribution < -0.4 is 11.5 Å². The average Bonchev–Trinajstić information content (AvgIpc) is 2.15. The third-order valence-electron chi connectivity index (χ3n) is 2.23. The number of aromatic nitrogens is 1. The van der Waals surface area contributed by atoms with Crippen LogP contribution in [0.2, 0.25) is 0 Å². The topological polar surface area (TPSA) is 85.2 Å². The number of rotatable bonds is 3. The summed E-state index contributed by atoms with van der Waals surface area (Å²) in [5.41, 5.74) is 11.9. The molecule has 1 rings (SSSR count). The number of nitrogen functional groups attached to an aromatic ring is 1. The molecule has 0 aliphatic carbocycles. The molecule has 0 fully saturated rings. The lowest BCUT2D eigenvalue weighted by Gasteiger charge is -2.21. The van der Waals surface area contributed by atoms with Gasteiger partial charge in [0.1, 0.15) is 11.9 Å². The quantitative estimate of drug-likeness (QED) is 0.662. The molecule has 4 nitrogen and oxygen atoms in total. The van der Waals surface area contributed by atoms with Gasteiger partial charge in [-0.2, -0.15) is 0 Å². The van der Waals surface area contributed by atoms with Gasteiger partial charge in [-0.1, -0.05) is 19.9 Å². The Morgan fingerprint density at radius 1 is 1.36 bits per heavy atom. The van der Waals surface area contributed by atoms with Crippen LogP contribution in [-0.4, -0.2) is 16.1 Å². The van der Waals surface area contributed by atoms with Crippen molar-refractivity contribution in [2.75, 3.05) is 5.73 Å². The predicted molar refractivity (Wildman–Crippen MR) is 56.4 cm³/mol. The molecule has 0 aliphatic heterocycles. The summed E-state index contributed by atoms with van der Waals surface area (Å²) in [5.74, 6) is 0.603. The highest BCUT2D eigenvalue weighted by atomic mass is 16.3. The smallest absolute Gasteiger partial charge is 0.123 e. The Morgan fingerprint density at radius 3 is 2.50 bits per heavy atom. The lowest BCUT2D eigenvalue weighted by Crippen LogP contribution is -2.34. The van der Waals surface area contributed by atoms with Crippen molar-refractivity contribution < 1.29 is 5.11 Å². The maximum atomic E-state index is 9.84. The first kappa shape index (κ1) is 10.9. The van der Waals surface area contributed by atoms with Crippen molar-refractivity contribution in [1.82, 2.24) is 4.98 Å². The van der Waals surface area contributed by atoms with Crippen LogP contribution in [0.4, 0.5) is 5.82 Å². The highest BCUT2D eigenvalue weighted by molar-refractivity contribution is 5.29. The number of pyridine rings is 1. The maximum Gasteiger partial charge on any atom is 0.123 e. The van der Waals surface area contributed by atoms with Crippen molar-refractivity contribution >= 4 is 5.82 Å². The van der Waals surface area contributed by atoms with Crippen molar-refractivity contribution in [1.29, 1.82) is 0 Å². The second kappa shape index (κ2) is 4.39. The summed E-state index contributed by atoms with van der Waals surface area (Å²) in [6, 6.07) is 4.85. The molecular formula is C10H17N3O. The molecule has 14 heavy (non-hydrogen) atoms. The number of aliphatic hydroxyl groups excluding tert-OH is 1. The van der Waals surface area contributed by atoms with Crippen LogP contribution in [0.25, 0.3) is 0 Å². The van der Waals surface area contributed by atoms with Crippen LogP contribution >= 0.6 is 0 Å². The standard InChI is InChI=1S/C10H17N3O/c1-6(2)9(12)10(14)7-4-3-5-8(11)13-7/h3-6,9-10,14H,12H2,1-2H3,(H2,11,13). The van der Waals surface area contributed by atoms with Crippen molar-refractivity contribution in [3.05, 3.63) is 23.9 Å². The molecule has 1 heterocycles. The fourth-order valence-corrected chi connectivity index (χ4v) is 1.20. The molecule has 1 aromatic rings. The van der Waals surface area contributed by atoms with Gasteiger partial charge in [-0.3, -0.25) is 0 Å². The van der Waals surface area contributed by atoms with Gasteiger partial charge < -0.3 is 16.6 Å². The van der Waals surface area contributed by atoms with E-state index < -0.39 is 6.10 Å². The monoisotopic (exact) mass is 195 g/mol. The van der Waals surface area contributed by atoms with Crippen LogP contribution in [0.1, 0.15) is 25.6 Å². The molecule has 0 amide bonds. The molecule has 0 aromatic carbocycles. The molecule has 0 saturated carbocycles. The maximum absolute atomic E-state index is 9.84. The number of hydrogen-bond acceptors (Lipinski definition) is 4. The number of aliphatic hydroxyl groups is 1. The van der Waals surface area contributed by atoms with Gasteiger partial charge in [0, 0.05) is 6.04 Å². The minimum atomic E-state index is -0.751. The van der Waals surface area contributed by atoms with Gasteiger partial charge in [0.25, 0.3) is 0 Å². The zero-order chi connectivity index (χ0) is 10.7. The third-order valence-corrected chi connectivity index (χ3v) is 2.23. The van der Waals surface area contributed by atoms with E-state index in [9.17, 15) is 5.11 Å². The van der Waals surface area contributed by atoms with Gasteiger partial charge in [-0.25, -0.2) is 4.98 Å². The second-order valence-corrected chi connectivity index (χ2v) is 3.75. The Hall–Kier alpha value is -1.13. The van der Waals surface area contributed by atoms with Crippen molar-refractivity contribution in [2.45, 2.75) is 26.0 Å². The van der Waals surface area contributed by atoms with E-state index in [4.69, 9.17) is 11.5 Å². The molecule has 0 bridgehead atoms. The highest BCUT2D eigenvalue weighted by Gasteiger charge is 2.20. The highest BCUT2D eigenvalue weighted by Crippen LogP contribution is 2.18. The van der Waals surface area contributed by atoms with Crippen LogP contribution in [0.15, 0.2) is 18.2 Å². The summed E-state index contributed by atoms with van der Waals surface area (Å²) in [6.45, 7) is 3.92. The van der Waals surface area contributed by atoms with E-state index >= 15 is 0 Å². The summed E-state index contributed by atoms with van der Waals surface area (Å²) in [6.07, 6.45) is -0.751. The molecule has 78 valence electrons. The molecule has 4 heteroatoms. The van der Waals surface area contributed by atoms with Crippen LogP contribution in [0.5, 0.6) is 0 Å². The Balaban J connectivity index is 2.83. The Morgan fingerprint density at radius 2 is 2.00 bits per heavy atom. The molecule has 1 aromatic heterocycles. The van der Waals surface area contributed by atoms with Gasteiger partial charge in [-0.15, -0.1) is 0 Å². The zero-order valence-corrected chi connectivity index (χ0v) is 8.51. The number of hydrogen-bond donors (Lipinski definition) is 3. The fraction of sp³-hybridized carbons (Fsp3) is 0.500. The van der Waals surface area contributed by atoms with Crippen LogP contribution in [0.3, 0.4) is 0 Å². The van der Waals surface area contributed by atoms with Crippen LogP contribution in [-0.2, 0) is 0 Å². The molecule has 0 spiro atoms. The molecule has 2 atom stereocenters. The van der Waals surface area contributed by atoms with Gasteiger partial charge in [0.05, 0.1) is 5.69 Å². The molecule has 0 radical (unpaired) electrons. The van der Waals surface area contributed by atoms with Crippen molar-refractivity contribution in [3.8, 4) is 0 Å². The van der Waals surface area contributed by atoms with Crippen molar-refractivity contribution in [3.63, 3.8) is 0 Å². The minimum Gasteiger partial charge on any atom is -0.385 e. The Labute approximate surface area is 83.9 Å². The molecule has 5 N–H and O–H groups in total. The summed E-state index contributed by atoms with van der Waals surface area (Å²) in [5, 5.41) is 9.84. The Bertz CT molecular complexity index is 301. The number of nitrogens with two attached hydrogens (primary N) is 2. The van der Waals surface area contributed by atoms with Gasteiger partial charge in [0.2, 0.25) is 0 Å². The predicted octanol–water partition coefficient (Wildman–Crippen LogP) is 0.680. The van der Waals surface area contributed by atoms with E-state index in [2.05, 4.69) is 4.98 Å². The van der Waals surface area contributed by atoms with E-state index in [0.717, 1.165) is 0 Å². The first-order chi connectivity index (χ1) is 6.52. The lowest BCUT2D eigenvalue weighted by molar-refractivity contribution is 0.122. The molecule has 0 aliphatic rings. The van der Waals surface area contributed by atoms with Gasteiger partial charge in [0.15, 0.2) is 0 Å². The minimum absolute atomic E-state index is 0.202. The summed E-state index contributed by atoms with van der Waals surface area (Å²) >= 11 is 0. The van der Waals surface area contributed by atoms with E-state index in [1.807, 2.05) is 13.8 Å². The van der Waals surface area contributed by atoms with E-state index in [-0.39, 0.29) is 12.0 Å². The van der Waals surface area contributed by atoms with Gasteiger partial charge >= 0.3 is 0 Å². The number of nitrogens with zero attached hydrogens (tertiary/aromatic N) is 1. The van der Waals surface area contributed by atoms with Crippen LogP contribution in [0, 0.1) is 5.92 Å². The van der Waals surface area contributed by atoms with E-state index in [0.29, 0.717) is 11.5 Å². The largest absolute Gasteiger partial charge is 0.385 e. The molecule has 2 unspecified atom stereocenters. The fourth-order valence-electron chi connectivity index (χ4n) is 1.20. The SMILES string of the molecule is CC(C)C(N)C(O)c1cccc(N)n1. The van der Waals surface area contributed by atoms with E-state index in [1.165, 1.54) is 0 Å². The third kappa shape index (κ3) is 2.43. The summed E-state index contributed by atoms with van der Waals surface area (Å²) in [4.78, 5) is 4.02. The first-order valence-electron chi connectivity index (χ1n) is 4.68. The lowest BCUT2D eigenvalue weighted by atomic mass is 9.97. The summed E-state index contributed by atoms with van der Waals surface area (Å²) in [7, 11) is 0. The van der Waals surface area contributed by atoms with Crippen molar-refractivity contribution in [2.24, 2.45) is 11.7 Å². The normalized spacial score (nSPS) is 15.5. The Kier molecular flexibility index (Phi) is 3.43. The number of anilines is 1. The molecular weight excluding hydrogens is 178 g/mol. The first-order valence-corrected chi connectivity index (χ1v) is 4.68. The average molecular weight is 195 g/mol.